The van der Waals surface area contributed by atoms with Gasteiger partial charge in [-0.3, -0.25) is 4.79 Å². The molecule has 0 aliphatic carbocycles. The molecule has 1 N–H and O–H groups in total. The highest BCUT2D eigenvalue weighted by molar-refractivity contribution is 7.89. The van der Waals surface area contributed by atoms with E-state index in [9.17, 15) is 18.5 Å². The third-order valence-corrected chi connectivity index (χ3v) is 7.19. The van der Waals surface area contributed by atoms with E-state index in [4.69, 9.17) is 0 Å². The minimum atomic E-state index is -3.76. The number of rotatable bonds is 4. The summed E-state index contributed by atoms with van der Waals surface area (Å²) in [6.45, 7) is 1.08. The SMILES string of the molecule is N#Cc1ccccc1S(=O)(=O)N1CCN(C(=O)Cc2c[nH]c3ccccc23)CC1. The third-order valence-electron chi connectivity index (χ3n) is 5.23. The lowest BCUT2D eigenvalue weighted by Gasteiger charge is -2.34. The molecular formula is C21H20N4O3S. The van der Waals surface area contributed by atoms with E-state index in [0.29, 0.717) is 13.1 Å². The highest BCUT2D eigenvalue weighted by Gasteiger charge is 2.31. The Morgan fingerprint density at radius 3 is 2.48 bits per heavy atom. The van der Waals surface area contributed by atoms with Gasteiger partial charge in [-0.25, -0.2) is 8.42 Å². The Hall–Kier alpha value is -3.15. The molecule has 3 aromatic rings. The number of sulfonamides is 1. The van der Waals surface area contributed by atoms with Crippen molar-refractivity contribution in [2.75, 3.05) is 26.2 Å². The van der Waals surface area contributed by atoms with E-state index >= 15 is 0 Å². The van der Waals surface area contributed by atoms with Gasteiger partial charge in [0.2, 0.25) is 15.9 Å². The number of carbonyl (C=O) groups is 1. The first kappa shape index (κ1) is 19.2. The van der Waals surface area contributed by atoms with Gasteiger partial charge in [-0.2, -0.15) is 9.57 Å². The Morgan fingerprint density at radius 2 is 1.72 bits per heavy atom. The molecule has 0 spiro atoms. The van der Waals surface area contributed by atoms with Crippen LogP contribution in [0, 0.1) is 11.3 Å². The number of nitriles is 1. The maximum Gasteiger partial charge on any atom is 0.244 e. The lowest BCUT2D eigenvalue weighted by Crippen LogP contribution is -2.50. The quantitative estimate of drug-likeness (QED) is 0.715. The number of amides is 1. The van der Waals surface area contributed by atoms with Crippen LogP contribution in [0.25, 0.3) is 10.9 Å². The second-order valence-electron chi connectivity index (χ2n) is 6.93. The highest BCUT2D eigenvalue weighted by atomic mass is 32.2. The van der Waals surface area contributed by atoms with Gasteiger partial charge in [-0.15, -0.1) is 0 Å². The predicted octanol–water partition coefficient (Wildman–Crippen LogP) is 2.12. The van der Waals surface area contributed by atoms with E-state index in [1.807, 2.05) is 36.5 Å². The largest absolute Gasteiger partial charge is 0.361 e. The number of benzene rings is 2. The zero-order chi connectivity index (χ0) is 20.4. The van der Waals surface area contributed by atoms with Crippen molar-refractivity contribution in [1.82, 2.24) is 14.2 Å². The number of nitrogens with one attached hydrogen (secondary N) is 1. The number of nitrogens with zero attached hydrogens (tertiary/aromatic N) is 3. The Labute approximate surface area is 169 Å². The Morgan fingerprint density at radius 1 is 1.03 bits per heavy atom. The smallest absolute Gasteiger partial charge is 0.244 e. The van der Waals surface area contributed by atoms with Crippen LogP contribution in [-0.4, -0.2) is 54.7 Å². The first-order chi connectivity index (χ1) is 14.0. The molecule has 7 nitrogen and oxygen atoms in total. The topological polar surface area (TPSA) is 97.3 Å². The molecule has 1 aliphatic heterocycles. The maximum atomic E-state index is 12.9. The second-order valence-corrected chi connectivity index (χ2v) is 8.84. The van der Waals surface area contributed by atoms with E-state index < -0.39 is 10.0 Å². The van der Waals surface area contributed by atoms with Crippen molar-refractivity contribution in [3.05, 3.63) is 65.9 Å². The Kier molecular flexibility index (Phi) is 5.09. The molecule has 1 amide bonds. The summed E-state index contributed by atoms with van der Waals surface area (Å²) in [6, 6.07) is 15.9. The number of para-hydroxylation sites is 1. The molecular weight excluding hydrogens is 388 g/mol. The fraction of sp³-hybridized carbons (Fsp3) is 0.238. The number of carbonyl (C=O) groups excluding carboxylic acids is 1. The van der Waals surface area contributed by atoms with E-state index in [-0.39, 0.29) is 35.9 Å². The van der Waals surface area contributed by atoms with Crippen LogP contribution in [0.5, 0.6) is 0 Å². The minimum Gasteiger partial charge on any atom is -0.361 e. The van der Waals surface area contributed by atoms with E-state index in [0.717, 1.165) is 16.5 Å². The van der Waals surface area contributed by atoms with E-state index in [1.165, 1.54) is 16.4 Å². The van der Waals surface area contributed by atoms with Crippen molar-refractivity contribution in [3.8, 4) is 6.07 Å². The van der Waals surface area contributed by atoms with Gasteiger partial charge in [-0.1, -0.05) is 30.3 Å². The summed E-state index contributed by atoms with van der Waals surface area (Å²) < 4.78 is 27.2. The van der Waals surface area contributed by atoms with E-state index in [2.05, 4.69) is 4.98 Å². The average Bonchev–Trinajstić information content (AvgIpc) is 3.16. The number of aromatic nitrogens is 1. The van der Waals surface area contributed by atoms with Gasteiger partial charge in [0, 0.05) is 43.3 Å². The zero-order valence-corrected chi connectivity index (χ0v) is 16.5. The number of hydrogen-bond donors (Lipinski definition) is 1. The van der Waals surface area contributed by atoms with Gasteiger partial charge >= 0.3 is 0 Å². The normalized spacial score (nSPS) is 15.3. The molecule has 0 bridgehead atoms. The lowest BCUT2D eigenvalue weighted by atomic mass is 10.1. The molecule has 4 rings (SSSR count). The number of H-pyrrole nitrogens is 1. The fourth-order valence-corrected chi connectivity index (χ4v) is 5.22. The van der Waals surface area contributed by atoms with Crippen LogP contribution in [0.4, 0.5) is 0 Å². The molecule has 29 heavy (non-hydrogen) atoms. The lowest BCUT2D eigenvalue weighted by molar-refractivity contribution is -0.131. The molecule has 0 saturated carbocycles. The monoisotopic (exact) mass is 408 g/mol. The molecule has 1 saturated heterocycles. The number of fused-ring (bicyclic) bond motifs is 1. The van der Waals surface area contributed by atoms with Gasteiger partial charge in [0.25, 0.3) is 0 Å². The minimum absolute atomic E-state index is 0.0149. The summed E-state index contributed by atoms with van der Waals surface area (Å²) in [5.74, 6) is -0.0239. The zero-order valence-electron chi connectivity index (χ0n) is 15.7. The summed E-state index contributed by atoms with van der Waals surface area (Å²) in [6.07, 6.45) is 2.12. The standard InChI is InChI=1S/C21H20N4O3S/c22-14-16-5-1-4-8-20(16)29(27,28)25-11-9-24(10-12-25)21(26)13-17-15-23-19-7-3-2-6-18(17)19/h1-8,15,23H,9-13H2. The Bertz CT molecular complexity index is 1200. The molecule has 0 atom stereocenters. The average molecular weight is 408 g/mol. The maximum absolute atomic E-state index is 12.9. The molecule has 148 valence electrons. The van der Waals surface area contributed by atoms with Crippen molar-refractivity contribution in [3.63, 3.8) is 0 Å². The second kappa shape index (κ2) is 7.70. The van der Waals surface area contributed by atoms with Crippen molar-refractivity contribution < 1.29 is 13.2 Å². The van der Waals surface area contributed by atoms with Crippen LogP contribution in [0.2, 0.25) is 0 Å². The molecule has 1 aliphatic rings. The first-order valence-corrected chi connectivity index (χ1v) is 10.8. The number of aromatic amines is 1. The van der Waals surface area contributed by atoms with Crippen molar-refractivity contribution in [2.24, 2.45) is 0 Å². The Balaban J connectivity index is 1.44. The van der Waals surface area contributed by atoms with Crippen LogP contribution in [0.15, 0.2) is 59.6 Å². The number of piperazine rings is 1. The molecule has 2 heterocycles. The van der Waals surface area contributed by atoms with Crippen LogP contribution < -0.4 is 0 Å². The summed E-state index contributed by atoms with van der Waals surface area (Å²) in [5, 5.41) is 10.2. The van der Waals surface area contributed by atoms with E-state index in [1.54, 1.807) is 17.0 Å². The van der Waals surface area contributed by atoms with Crippen molar-refractivity contribution in [1.29, 1.82) is 5.26 Å². The number of hydrogen-bond acceptors (Lipinski definition) is 4. The summed E-state index contributed by atoms with van der Waals surface area (Å²) in [7, 11) is -3.76. The third kappa shape index (κ3) is 3.62. The summed E-state index contributed by atoms with van der Waals surface area (Å²) in [4.78, 5) is 17.6. The summed E-state index contributed by atoms with van der Waals surface area (Å²) in [5.41, 5.74) is 2.05. The fourth-order valence-electron chi connectivity index (χ4n) is 3.65. The predicted molar refractivity (Wildman–Crippen MR) is 108 cm³/mol. The highest BCUT2D eigenvalue weighted by Crippen LogP contribution is 2.22. The van der Waals surface area contributed by atoms with Crippen LogP contribution in [-0.2, 0) is 21.2 Å². The van der Waals surface area contributed by atoms with Crippen LogP contribution in [0.1, 0.15) is 11.1 Å². The molecule has 2 aromatic carbocycles. The van der Waals surface area contributed by atoms with Crippen molar-refractivity contribution >= 4 is 26.8 Å². The van der Waals surface area contributed by atoms with Crippen LogP contribution in [0.3, 0.4) is 0 Å². The van der Waals surface area contributed by atoms with Crippen LogP contribution >= 0.6 is 0 Å². The molecule has 0 unspecified atom stereocenters. The van der Waals surface area contributed by atoms with Crippen molar-refractivity contribution in [2.45, 2.75) is 11.3 Å². The molecule has 0 radical (unpaired) electrons. The van der Waals surface area contributed by atoms with Gasteiger partial charge in [0.1, 0.15) is 6.07 Å². The van der Waals surface area contributed by atoms with Gasteiger partial charge < -0.3 is 9.88 Å². The summed E-state index contributed by atoms with van der Waals surface area (Å²) >= 11 is 0. The molecule has 1 fully saturated rings. The molecule has 8 heteroatoms. The molecule has 1 aromatic heterocycles. The first-order valence-electron chi connectivity index (χ1n) is 9.33. The van der Waals surface area contributed by atoms with Gasteiger partial charge in [-0.05, 0) is 23.8 Å². The van der Waals surface area contributed by atoms with Gasteiger partial charge in [0.15, 0.2) is 0 Å². The van der Waals surface area contributed by atoms with Gasteiger partial charge in [0.05, 0.1) is 16.9 Å².